The normalized spacial score (nSPS) is 17.8. The molecule has 0 aliphatic carbocycles. The number of hydrogen-bond donors (Lipinski definition) is 8. The minimum absolute atomic E-state index is 0.136. The first-order valence-electron chi connectivity index (χ1n) is 16.6. The zero-order valence-corrected chi connectivity index (χ0v) is 29.0. The van der Waals surface area contributed by atoms with Gasteiger partial charge < -0.3 is 46.6 Å². The standard InChI is InChI=1S/C36H36N10O6S/c37-17-23-5-11-26(12-6-23)45-36(53)39-14-13-38-28(48)15-21-1-7-24(8-2-21)43-29(49)16-22-3-9-25(10-4-22)44-33-30-34(41-19-40-33)46(20-42-30)35-32(51)31(50)27(18-47)52-35/h1-12,19-20,27,31-32,35,47,50-51H,13-16,18H2,(H,38,48)(H,43,49)(H2,39,45,53)(H,40,41,44). The number of nitriles is 1. The number of ether oxygens (including phenoxy) is 1. The third-order valence-electron chi connectivity index (χ3n) is 8.34. The van der Waals surface area contributed by atoms with Gasteiger partial charge in [-0.3, -0.25) is 14.2 Å². The van der Waals surface area contributed by atoms with Gasteiger partial charge in [-0.15, -0.1) is 0 Å². The topological polar surface area (TPSA) is 232 Å². The Morgan fingerprint density at radius 2 is 1.43 bits per heavy atom. The van der Waals surface area contributed by atoms with Crippen LogP contribution in [0.1, 0.15) is 22.9 Å². The summed E-state index contributed by atoms with van der Waals surface area (Å²) in [6, 6.07) is 23.3. The summed E-state index contributed by atoms with van der Waals surface area (Å²) in [4.78, 5) is 38.1. The Balaban J connectivity index is 0.929. The highest BCUT2D eigenvalue weighted by Gasteiger charge is 2.44. The highest BCUT2D eigenvalue weighted by molar-refractivity contribution is 7.80. The molecule has 1 fully saturated rings. The van der Waals surface area contributed by atoms with Gasteiger partial charge in [0, 0.05) is 30.2 Å². The molecule has 53 heavy (non-hydrogen) atoms. The largest absolute Gasteiger partial charge is 0.394 e. The lowest BCUT2D eigenvalue weighted by Gasteiger charge is -2.16. The molecule has 6 rings (SSSR count). The van der Waals surface area contributed by atoms with Crippen LogP contribution in [0.3, 0.4) is 0 Å². The molecule has 3 heterocycles. The molecule has 3 aromatic carbocycles. The summed E-state index contributed by atoms with van der Waals surface area (Å²) in [5.41, 5.74) is 4.95. The molecule has 1 aliphatic heterocycles. The van der Waals surface area contributed by atoms with Gasteiger partial charge in [0.25, 0.3) is 0 Å². The van der Waals surface area contributed by atoms with Crippen LogP contribution < -0.4 is 26.6 Å². The number of nitrogens with zero attached hydrogens (tertiary/aromatic N) is 5. The number of carbonyl (C=O) groups is 2. The zero-order valence-electron chi connectivity index (χ0n) is 28.1. The van der Waals surface area contributed by atoms with Crippen molar-refractivity contribution in [1.82, 2.24) is 30.2 Å². The molecule has 2 aromatic heterocycles. The van der Waals surface area contributed by atoms with Gasteiger partial charge in [0.1, 0.15) is 24.6 Å². The van der Waals surface area contributed by atoms with Gasteiger partial charge in [0.2, 0.25) is 11.8 Å². The average Bonchev–Trinajstić information content (AvgIpc) is 3.72. The number of anilines is 4. The quantitative estimate of drug-likeness (QED) is 0.0638. The SMILES string of the molecule is N#Cc1ccc(NC(=S)NCCNC(=O)Cc2ccc(NC(=O)Cc3ccc(Nc4ncnc5c4ncn5C4OC(CO)C(O)C4O)cc3)cc2)cc1. The number of imidazole rings is 1. The van der Waals surface area contributed by atoms with Crippen molar-refractivity contribution in [2.24, 2.45) is 0 Å². The van der Waals surface area contributed by atoms with Gasteiger partial charge >= 0.3 is 0 Å². The van der Waals surface area contributed by atoms with Crippen molar-refractivity contribution in [3.63, 3.8) is 0 Å². The Bertz CT molecular complexity index is 2110. The molecule has 0 saturated carbocycles. The van der Waals surface area contributed by atoms with E-state index in [0.717, 1.165) is 16.8 Å². The minimum Gasteiger partial charge on any atom is -0.394 e. The van der Waals surface area contributed by atoms with Crippen molar-refractivity contribution < 1.29 is 29.6 Å². The summed E-state index contributed by atoms with van der Waals surface area (Å²) in [6.45, 7) is 0.353. The maximum absolute atomic E-state index is 12.8. The van der Waals surface area contributed by atoms with E-state index >= 15 is 0 Å². The van der Waals surface area contributed by atoms with Crippen LogP contribution in [-0.4, -0.2) is 89.8 Å². The molecule has 0 bridgehead atoms. The number of aliphatic hydroxyl groups excluding tert-OH is 3. The number of benzene rings is 3. The van der Waals surface area contributed by atoms with E-state index in [9.17, 15) is 24.9 Å². The molecule has 1 aliphatic rings. The van der Waals surface area contributed by atoms with Crippen molar-refractivity contribution in [3.8, 4) is 6.07 Å². The lowest BCUT2D eigenvalue weighted by Crippen LogP contribution is -2.37. The second kappa shape index (κ2) is 17.0. The van der Waals surface area contributed by atoms with Crippen molar-refractivity contribution >= 4 is 63.2 Å². The lowest BCUT2D eigenvalue weighted by molar-refractivity contribution is -0.120. The molecule has 0 spiro atoms. The number of rotatable bonds is 13. The molecular weight excluding hydrogens is 701 g/mol. The first kappa shape index (κ1) is 36.8. The van der Waals surface area contributed by atoms with Crippen LogP contribution >= 0.6 is 12.2 Å². The minimum atomic E-state index is -1.28. The number of fused-ring (bicyclic) bond motifs is 1. The Kier molecular flexibility index (Phi) is 11.8. The summed E-state index contributed by atoms with van der Waals surface area (Å²) < 4.78 is 7.10. The molecule has 8 N–H and O–H groups in total. The molecule has 5 aromatic rings. The summed E-state index contributed by atoms with van der Waals surface area (Å²) >= 11 is 5.27. The lowest BCUT2D eigenvalue weighted by atomic mass is 10.1. The fourth-order valence-corrected chi connectivity index (χ4v) is 5.83. The molecule has 4 atom stereocenters. The van der Waals surface area contributed by atoms with E-state index in [2.05, 4.69) is 47.6 Å². The van der Waals surface area contributed by atoms with E-state index in [0.29, 0.717) is 52.1 Å². The van der Waals surface area contributed by atoms with Gasteiger partial charge in [-0.25, -0.2) is 15.0 Å². The maximum Gasteiger partial charge on any atom is 0.228 e. The molecule has 17 heteroatoms. The van der Waals surface area contributed by atoms with E-state index in [1.165, 1.54) is 17.2 Å². The number of amides is 2. The summed E-state index contributed by atoms with van der Waals surface area (Å²) in [5, 5.41) is 54.3. The van der Waals surface area contributed by atoms with Gasteiger partial charge in [0.15, 0.2) is 28.3 Å². The highest BCUT2D eigenvalue weighted by Crippen LogP contribution is 2.32. The molecule has 2 amide bonds. The first-order valence-corrected chi connectivity index (χ1v) is 17.0. The molecule has 1 saturated heterocycles. The maximum atomic E-state index is 12.8. The van der Waals surface area contributed by atoms with Crippen LogP contribution in [-0.2, 0) is 27.2 Å². The van der Waals surface area contributed by atoms with E-state index in [4.69, 9.17) is 22.2 Å². The first-order chi connectivity index (χ1) is 25.7. The molecule has 0 radical (unpaired) electrons. The summed E-state index contributed by atoms with van der Waals surface area (Å²) in [6.07, 6.45) is -1.38. The fourth-order valence-electron chi connectivity index (χ4n) is 5.61. The zero-order chi connectivity index (χ0) is 37.3. The van der Waals surface area contributed by atoms with E-state index in [1.54, 1.807) is 60.7 Å². The second-order valence-electron chi connectivity index (χ2n) is 12.1. The van der Waals surface area contributed by atoms with Crippen LogP contribution in [0, 0.1) is 11.3 Å². The summed E-state index contributed by atoms with van der Waals surface area (Å²) in [7, 11) is 0. The van der Waals surface area contributed by atoms with Crippen molar-refractivity contribution in [2.75, 3.05) is 35.6 Å². The van der Waals surface area contributed by atoms with Crippen molar-refractivity contribution in [1.29, 1.82) is 5.26 Å². The van der Waals surface area contributed by atoms with Crippen LogP contribution in [0.2, 0.25) is 0 Å². The Hall–Kier alpha value is -6.03. The highest BCUT2D eigenvalue weighted by atomic mass is 32.1. The van der Waals surface area contributed by atoms with E-state index in [1.807, 2.05) is 12.1 Å². The molecule has 4 unspecified atom stereocenters. The number of aliphatic hydroxyl groups is 3. The monoisotopic (exact) mass is 736 g/mol. The van der Waals surface area contributed by atoms with Crippen LogP contribution in [0.5, 0.6) is 0 Å². The Labute approximate surface area is 308 Å². The van der Waals surface area contributed by atoms with Crippen molar-refractivity contribution in [2.45, 2.75) is 37.4 Å². The van der Waals surface area contributed by atoms with Crippen LogP contribution in [0.15, 0.2) is 85.5 Å². The fraction of sp³-hybridized carbons (Fsp3) is 0.250. The molecule has 16 nitrogen and oxygen atoms in total. The third kappa shape index (κ3) is 9.26. The van der Waals surface area contributed by atoms with Gasteiger partial charge in [0.05, 0.1) is 37.4 Å². The summed E-state index contributed by atoms with van der Waals surface area (Å²) in [5.74, 6) is 0.0455. The number of carbonyl (C=O) groups excluding carboxylic acids is 2. The van der Waals surface area contributed by atoms with Gasteiger partial charge in [-0.05, 0) is 71.9 Å². The third-order valence-corrected chi connectivity index (χ3v) is 8.58. The average molecular weight is 737 g/mol. The van der Waals surface area contributed by atoms with Crippen LogP contribution in [0.4, 0.5) is 22.9 Å². The van der Waals surface area contributed by atoms with E-state index in [-0.39, 0.29) is 24.7 Å². The van der Waals surface area contributed by atoms with Gasteiger partial charge in [-0.2, -0.15) is 5.26 Å². The smallest absolute Gasteiger partial charge is 0.228 e. The number of hydrogen-bond acceptors (Lipinski definition) is 12. The Morgan fingerprint density at radius 3 is 2.09 bits per heavy atom. The number of aromatic nitrogens is 4. The predicted octanol–water partition coefficient (Wildman–Crippen LogP) is 1.88. The van der Waals surface area contributed by atoms with Gasteiger partial charge in [-0.1, -0.05) is 24.3 Å². The second-order valence-corrected chi connectivity index (χ2v) is 12.5. The predicted molar refractivity (Wildman–Crippen MR) is 199 cm³/mol. The van der Waals surface area contributed by atoms with Crippen molar-refractivity contribution in [3.05, 3.63) is 102 Å². The van der Waals surface area contributed by atoms with Crippen LogP contribution in [0.25, 0.3) is 11.2 Å². The molecular formula is C36H36N10O6S. The number of nitrogens with one attached hydrogen (secondary N) is 5. The number of thiocarbonyl (C=S) groups is 1. The Morgan fingerprint density at radius 1 is 0.811 bits per heavy atom. The van der Waals surface area contributed by atoms with E-state index < -0.39 is 31.1 Å². The molecule has 272 valence electrons.